The van der Waals surface area contributed by atoms with Crippen LogP contribution in [0.3, 0.4) is 0 Å². The molecule has 3 heterocycles. The molecule has 0 radical (unpaired) electrons. The minimum Gasteiger partial charge on any atom is -0.380 e. The summed E-state index contributed by atoms with van der Waals surface area (Å²) in [6.45, 7) is 10.4. The zero-order valence-electron chi connectivity index (χ0n) is 15.9. The second-order valence-electron chi connectivity index (χ2n) is 7.61. The monoisotopic (exact) mass is 380 g/mol. The molecule has 7 nitrogen and oxygen atoms in total. The maximum atomic E-state index is 12.9. The highest BCUT2D eigenvalue weighted by Gasteiger charge is 2.56. The number of rotatable bonds is 5. The van der Waals surface area contributed by atoms with Gasteiger partial charge in [-0.1, -0.05) is 0 Å². The number of hydrogen-bond acceptors (Lipinski definition) is 5. The van der Waals surface area contributed by atoms with Crippen molar-refractivity contribution < 1.29 is 14.3 Å². The smallest absolute Gasteiger partial charge is 0.317 e. The minimum atomic E-state index is -0.622. The van der Waals surface area contributed by atoms with E-state index in [0.29, 0.717) is 32.8 Å². The molecular formula is C18H28N4O3S. The minimum absolute atomic E-state index is 0.00940. The largest absolute Gasteiger partial charge is 0.380 e. The molecule has 1 aromatic rings. The molecule has 3 rings (SSSR count). The van der Waals surface area contributed by atoms with Gasteiger partial charge in [0.05, 0.1) is 29.3 Å². The van der Waals surface area contributed by atoms with Crippen LogP contribution in [0.25, 0.3) is 0 Å². The molecule has 0 bridgehead atoms. The lowest BCUT2D eigenvalue weighted by Gasteiger charge is -2.26. The first-order valence-electron chi connectivity index (χ1n) is 9.16. The fourth-order valence-corrected chi connectivity index (χ4v) is 4.59. The molecule has 2 saturated heterocycles. The van der Waals surface area contributed by atoms with E-state index in [4.69, 9.17) is 4.74 Å². The maximum absolute atomic E-state index is 12.9. The number of likely N-dealkylation sites (tertiary alicyclic amines) is 1. The lowest BCUT2D eigenvalue weighted by molar-refractivity contribution is -0.131. The van der Waals surface area contributed by atoms with Gasteiger partial charge in [0, 0.05) is 42.9 Å². The molecule has 144 valence electrons. The lowest BCUT2D eigenvalue weighted by atomic mass is 9.80. The first-order valence-corrected chi connectivity index (χ1v) is 9.98. The fraction of sp³-hybridized carbons (Fsp3) is 0.722. The third-order valence-corrected chi connectivity index (χ3v) is 6.36. The van der Waals surface area contributed by atoms with E-state index in [1.54, 1.807) is 16.2 Å². The van der Waals surface area contributed by atoms with E-state index in [1.807, 2.05) is 20.8 Å². The van der Waals surface area contributed by atoms with Crippen LogP contribution < -0.4 is 10.6 Å². The molecule has 2 atom stereocenters. The number of carbonyl (C=O) groups is 2. The Morgan fingerprint density at radius 1 is 1.42 bits per heavy atom. The van der Waals surface area contributed by atoms with Gasteiger partial charge in [0.2, 0.25) is 5.91 Å². The van der Waals surface area contributed by atoms with Gasteiger partial charge in [-0.2, -0.15) is 0 Å². The van der Waals surface area contributed by atoms with E-state index >= 15 is 0 Å². The highest BCUT2D eigenvalue weighted by molar-refractivity contribution is 7.11. The molecule has 0 saturated carbocycles. The van der Waals surface area contributed by atoms with Gasteiger partial charge in [0.25, 0.3) is 0 Å². The summed E-state index contributed by atoms with van der Waals surface area (Å²) >= 11 is 1.68. The van der Waals surface area contributed by atoms with Crippen LogP contribution in [0, 0.1) is 25.2 Å². The number of amides is 3. The van der Waals surface area contributed by atoms with Crippen molar-refractivity contribution >= 4 is 23.3 Å². The first-order chi connectivity index (χ1) is 12.3. The third-order valence-electron chi connectivity index (χ3n) is 5.22. The first kappa shape index (κ1) is 19.1. The molecule has 2 aliphatic heterocycles. The van der Waals surface area contributed by atoms with Crippen LogP contribution in [0.4, 0.5) is 4.79 Å². The summed E-state index contributed by atoms with van der Waals surface area (Å²) in [7, 11) is 0. The summed E-state index contributed by atoms with van der Waals surface area (Å²) in [4.78, 5) is 32.7. The summed E-state index contributed by atoms with van der Waals surface area (Å²) in [6, 6.07) is -0.0236. The number of thiazole rings is 1. The molecular weight excluding hydrogens is 352 g/mol. The summed E-state index contributed by atoms with van der Waals surface area (Å²) in [5.74, 6) is 0.0506. The lowest BCUT2D eigenvalue weighted by Crippen LogP contribution is -2.48. The Morgan fingerprint density at radius 3 is 2.85 bits per heavy atom. The van der Waals surface area contributed by atoms with Gasteiger partial charge in [0.15, 0.2) is 0 Å². The van der Waals surface area contributed by atoms with E-state index in [-0.39, 0.29) is 23.9 Å². The standard InChI is InChI=1S/C18H28N4O3S/c1-11(2)20-17(24)22-7-14-8-25-10-18(14,9-22)16(23)19-6-5-15-21-12(3)13(4)26-15/h11,14H,5-10H2,1-4H3,(H,19,23)(H,20,24)/t14-,18-/m1/s1. The quantitative estimate of drug-likeness (QED) is 0.811. The Kier molecular flexibility index (Phi) is 5.53. The van der Waals surface area contributed by atoms with Gasteiger partial charge in [-0.15, -0.1) is 11.3 Å². The maximum Gasteiger partial charge on any atom is 0.317 e. The van der Waals surface area contributed by atoms with Crippen LogP contribution in [0.15, 0.2) is 0 Å². The van der Waals surface area contributed by atoms with Gasteiger partial charge >= 0.3 is 6.03 Å². The van der Waals surface area contributed by atoms with E-state index in [9.17, 15) is 9.59 Å². The molecule has 0 spiro atoms. The Labute approximate surface area is 158 Å². The Hall–Kier alpha value is -1.67. The van der Waals surface area contributed by atoms with Gasteiger partial charge in [-0.25, -0.2) is 9.78 Å². The number of nitrogens with zero attached hydrogens (tertiary/aromatic N) is 2. The molecule has 2 N–H and O–H groups in total. The van der Waals surface area contributed by atoms with Crippen molar-refractivity contribution in [2.24, 2.45) is 11.3 Å². The molecule has 0 unspecified atom stereocenters. The normalized spacial score (nSPS) is 24.8. The van der Waals surface area contributed by atoms with Gasteiger partial charge in [0.1, 0.15) is 0 Å². The van der Waals surface area contributed by atoms with E-state index < -0.39 is 5.41 Å². The van der Waals surface area contributed by atoms with Crippen LogP contribution >= 0.6 is 11.3 Å². The third kappa shape index (κ3) is 3.71. The van der Waals surface area contributed by atoms with Gasteiger partial charge < -0.3 is 20.3 Å². The highest BCUT2D eigenvalue weighted by Crippen LogP contribution is 2.41. The van der Waals surface area contributed by atoms with Crippen molar-refractivity contribution in [3.63, 3.8) is 0 Å². The van der Waals surface area contributed by atoms with E-state index in [1.165, 1.54) is 4.88 Å². The summed E-state index contributed by atoms with van der Waals surface area (Å²) in [5, 5.41) is 7.01. The summed E-state index contributed by atoms with van der Waals surface area (Å²) < 4.78 is 5.60. The number of aromatic nitrogens is 1. The average molecular weight is 381 g/mol. The molecule has 26 heavy (non-hydrogen) atoms. The van der Waals surface area contributed by atoms with Crippen LogP contribution in [-0.4, -0.2) is 60.7 Å². The molecule has 1 aromatic heterocycles. The van der Waals surface area contributed by atoms with E-state index in [2.05, 4.69) is 22.5 Å². The number of ether oxygens (including phenoxy) is 1. The second-order valence-corrected chi connectivity index (χ2v) is 8.90. The second kappa shape index (κ2) is 7.52. The average Bonchev–Trinajstić information content (AvgIpc) is 3.20. The number of nitrogens with one attached hydrogen (secondary N) is 2. The number of urea groups is 1. The van der Waals surface area contributed by atoms with E-state index in [0.717, 1.165) is 17.1 Å². The SMILES string of the molecule is Cc1nc(CCNC(=O)[C@]23COC[C@H]2CN(C(=O)NC(C)C)C3)sc1C. The Bertz CT molecular complexity index is 670. The Balaban J connectivity index is 1.59. The molecule has 0 aromatic carbocycles. The summed E-state index contributed by atoms with van der Waals surface area (Å²) in [6.07, 6.45) is 0.726. The number of hydrogen-bond donors (Lipinski definition) is 2. The number of aryl methyl sites for hydroxylation is 2. The number of fused-ring (bicyclic) bond motifs is 1. The predicted molar refractivity (Wildman–Crippen MR) is 100 cm³/mol. The Morgan fingerprint density at radius 2 is 2.19 bits per heavy atom. The predicted octanol–water partition coefficient (Wildman–Crippen LogP) is 1.49. The zero-order chi connectivity index (χ0) is 18.9. The zero-order valence-corrected chi connectivity index (χ0v) is 16.7. The van der Waals surface area contributed by atoms with Crippen LogP contribution in [0.5, 0.6) is 0 Å². The van der Waals surface area contributed by atoms with Crippen LogP contribution in [0.2, 0.25) is 0 Å². The topological polar surface area (TPSA) is 83.6 Å². The van der Waals surface area contributed by atoms with Crippen molar-refractivity contribution in [2.45, 2.75) is 40.2 Å². The highest BCUT2D eigenvalue weighted by atomic mass is 32.1. The number of carbonyl (C=O) groups excluding carboxylic acids is 2. The molecule has 2 fully saturated rings. The van der Waals surface area contributed by atoms with Crippen molar-refractivity contribution in [1.29, 1.82) is 0 Å². The molecule has 2 aliphatic rings. The van der Waals surface area contributed by atoms with Crippen LogP contribution in [-0.2, 0) is 16.0 Å². The van der Waals surface area contributed by atoms with Crippen molar-refractivity contribution in [1.82, 2.24) is 20.5 Å². The van der Waals surface area contributed by atoms with Gasteiger partial charge in [-0.3, -0.25) is 4.79 Å². The van der Waals surface area contributed by atoms with Crippen molar-refractivity contribution in [3.8, 4) is 0 Å². The van der Waals surface area contributed by atoms with Crippen molar-refractivity contribution in [2.75, 3.05) is 32.8 Å². The summed E-state index contributed by atoms with van der Waals surface area (Å²) in [5.41, 5.74) is 0.435. The molecule has 3 amide bonds. The van der Waals surface area contributed by atoms with Crippen LogP contribution in [0.1, 0.15) is 29.4 Å². The van der Waals surface area contributed by atoms with Crippen molar-refractivity contribution in [3.05, 3.63) is 15.6 Å². The fourth-order valence-electron chi connectivity index (χ4n) is 3.65. The molecule has 0 aliphatic carbocycles. The van der Waals surface area contributed by atoms with Gasteiger partial charge in [-0.05, 0) is 27.7 Å². The molecule has 8 heteroatoms.